The van der Waals surface area contributed by atoms with Crippen molar-refractivity contribution in [3.05, 3.63) is 71.6 Å². The van der Waals surface area contributed by atoms with Crippen molar-refractivity contribution in [2.75, 3.05) is 25.5 Å². The Balaban J connectivity index is 1.43. The Bertz CT molecular complexity index is 1200. The lowest BCUT2D eigenvalue weighted by molar-refractivity contribution is 0.307. The van der Waals surface area contributed by atoms with Crippen molar-refractivity contribution in [3.8, 4) is 11.4 Å². The Morgan fingerprint density at radius 3 is 3.00 bits per heavy atom. The van der Waals surface area contributed by atoms with E-state index in [2.05, 4.69) is 51.6 Å². The first kappa shape index (κ1) is 18.7. The summed E-state index contributed by atoms with van der Waals surface area (Å²) < 4.78 is 13.7. The van der Waals surface area contributed by atoms with E-state index in [1.165, 1.54) is 23.2 Å². The summed E-state index contributed by atoms with van der Waals surface area (Å²) in [6, 6.07) is 9.75. The highest BCUT2D eigenvalue weighted by molar-refractivity contribution is 5.83. The van der Waals surface area contributed by atoms with Gasteiger partial charge in [0.15, 0.2) is 5.82 Å². The van der Waals surface area contributed by atoms with Gasteiger partial charge in [0, 0.05) is 54.1 Å². The van der Waals surface area contributed by atoms with Gasteiger partial charge in [-0.2, -0.15) is 0 Å². The minimum atomic E-state index is -0.389. The molecule has 5 rings (SSSR count). The summed E-state index contributed by atoms with van der Waals surface area (Å²) in [4.78, 5) is 19.0. The lowest BCUT2D eigenvalue weighted by atomic mass is 10.0. The van der Waals surface area contributed by atoms with Crippen LogP contribution in [0.5, 0.6) is 0 Å². The van der Waals surface area contributed by atoms with Gasteiger partial charge in [-0.3, -0.25) is 4.98 Å². The van der Waals surface area contributed by atoms with Crippen molar-refractivity contribution in [2.45, 2.75) is 19.4 Å². The number of anilines is 1. The molecular formula is C23H23FN6. The number of likely N-dealkylation sites (N-methyl/N-ethyl adjacent to an activating group) is 1. The molecule has 2 N–H and O–H groups in total. The third kappa shape index (κ3) is 3.64. The van der Waals surface area contributed by atoms with Crippen molar-refractivity contribution in [1.29, 1.82) is 0 Å². The fraction of sp³-hybridized carbons (Fsp3) is 0.261. The molecule has 0 aliphatic carbocycles. The molecule has 4 heterocycles. The Morgan fingerprint density at radius 2 is 2.10 bits per heavy atom. The highest BCUT2D eigenvalue weighted by Crippen LogP contribution is 2.27. The Labute approximate surface area is 174 Å². The van der Waals surface area contributed by atoms with Gasteiger partial charge in [0.05, 0.1) is 11.9 Å². The number of rotatable bonds is 5. The molecular weight excluding hydrogens is 379 g/mol. The smallest absolute Gasteiger partial charge is 0.163 e. The summed E-state index contributed by atoms with van der Waals surface area (Å²) in [5.41, 5.74) is 5.16. The van der Waals surface area contributed by atoms with Gasteiger partial charge in [-0.15, -0.1) is 0 Å². The average molecular weight is 402 g/mol. The Morgan fingerprint density at radius 1 is 1.20 bits per heavy atom. The largest absolute Gasteiger partial charge is 0.369 e. The molecule has 0 atom stereocenters. The van der Waals surface area contributed by atoms with Gasteiger partial charge in [-0.25, -0.2) is 14.4 Å². The van der Waals surface area contributed by atoms with E-state index < -0.39 is 0 Å². The fourth-order valence-electron chi connectivity index (χ4n) is 4.02. The number of H-pyrrole nitrogens is 1. The maximum absolute atomic E-state index is 13.7. The number of hydrogen-bond donors (Lipinski definition) is 2. The summed E-state index contributed by atoms with van der Waals surface area (Å²) in [6.07, 6.45) is 6.63. The van der Waals surface area contributed by atoms with Crippen LogP contribution in [0.3, 0.4) is 0 Å². The molecule has 0 saturated heterocycles. The molecule has 0 fully saturated rings. The molecule has 30 heavy (non-hydrogen) atoms. The number of benzene rings is 1. The molecule has 0 unspecified atom stereocenters. The second-order valence-electron chi connectivity index (χ2n) is 7.74. The molecule has 1 aromatic carbocycles. The van der Waals surface area contributed by atoms with Crippen molar-refractivity contribution < 1.29 is 4.39 Å². The summed E-state index contributed by atoms with van der Waals surface area (Å²) >= 11 is 0. The van der Waals surface area contributed by atoms with E-state index in [9.17, 15) is 4.39 Å². The van der Waals surface area contributed by atoms with E-state index in [-0.39, 0.29) is 5.82 Å². The molecule has 0 saturated carbocycles. The van der Waals surface area contributed by atoms with Gasteiger partial charge >= 0.3 is 0 Å². The van der Waals surface area contributed by atoms with Crippen LogP contribution in [-0.2, 0) is 19.4 Å². The maximum atomic E-state index is 13.7. The van der Waals surface area contributed by atoms with Crippen LogP contribution in [0.15, 0.2) is 48.9 Å². The lowest BCUT2D eigenvalue weighted by Gasteiger charge is -2.26. The number of aromatic nitrogens is 4. The minimum absolute atomic E-state index is 0.389. The third-order valence-electron chi connectivity index (χ3n) is 5.58. The standard InChI is InChI=1S/C23H23FN6/c1-30-9-7-19-21(14-30)28-22(16-10-17(24)13-25-11-16)29-23(19)26-8-6-15-12-27-20-5-3-2-4-18(15)20/h2-5,10-13,27H,6-9,14H2,1H3,(H,26,28,29). The highest BCUT2D eigenvalue weighted by atomic mass is 19.1. The number of pyridine rings is 1. The first-order valence-electron chi connectivity index (χ1n) is 10.2. The monoisotopic (exact) mass is 402 g/mol. The first-order chi connectivity index (χ1) is 14.7. The van der Waals surface area contributed by atoms with Gasteiger partial charge in [0.1, 0.15) is 11.6 Å². The predicted molar refractivity (Wildman–Crippen MR) is 116 cm³/mol. The van der Waals surface area contributed by atoms with Crippen LogP contribution < -0.4 is 5.32 Å². The van der Waals surface area contributed by atoms with Crippen molar-refractivity contribution in [1.82, 2.24) is 24.8 Å². The zero-order valence-corrected chi connectivity index (χ0v) is 16.8. The molecule has 152 valence electrons. The average Bonchev–Trinajstić information content (AvgIpc) is 3.16. The molecule has 0 radical (unpaired) electrons. The summed E-state index contributed by atoms with van der Waals surface area (Å²) in [5, 5.41) is 4.77. The van der Waals surface area contributed by atoms with Crippen molar-refractivity contribution in [2.24, 2.45) is 0 Å². The quantitative estimate of drug-likeness (QED) is 0.531. The van der Waals surface area contributed by atoms with Crippen LogP contribution in [-0.4, -0.2) is 45.0 Å². The van der Waals surface area contributed by atoms with Gasteiger partial charge in [-0.05, 0) is 37.6 Å². The molecule has 6 nitrogen and oxygen atoms in total. The zero-order chi connectivity index (χ0) is 20.5. The van der Waals surface area contributed by atoms with Crippen LogP contribution in [0.1, 0.15) is 16.8 Å². The molecule has 3 aromatic heterocycles. The van der Waals surface area contributed by atoms with Gasteiger partial charge < -0.3 is 15.2 Å². The van der Waals surface area contributed by atoms with E-state index in [4.69, 9.17) is 9.97 Å². The van der Waals surface area contributed by atoms with Gasteiger partial charge in [0.25, 0.3) is 0 Å². The van der Waals surface area contributed by atoms with Crippen LogP contribution in [0.2, 0.25) is 0 Å². The number of para-hydroxylation sites is 1. The second kappa shape index (κ2) is 7.84. The summed E-state index contributed by atoms with van der Waals surface area (Å²) in [7, 11) is 2.08. The van der Waals surface area contributed by atoms with Crippen molar-refractivity contribution >= 4 is 16.7 Å². The predicted octanol–water partition coefficient (Wildman–Crippen LogP) is 3.80. The summed E-state index contributed by atoms with van der Waals surface area (Å²) in [6.45, 7) is 2.47. The molecule has 7 heteroatoms. The van der Waals surface area contributed by atoms with Crippen LogP contribution in [0.4, 0.5) is 10.2 Å². The molecule has 0 spiro atoms. The molecule has 0 amide bonds. The topological polar surface area (TPSA) is 69.7 Å². The third-order valence-corrected chi connectivity index (χ3v) is 5.58. The van der Waals surface area contributed by atoms with E-state index in [0.29, 0.717) is 11.4 Å². The number of nitrogens with one attached hydrogen (secondary N) is 2. The lowest BCUT2D eigenvalue weighted by Crippen LogP contribution is -2.29. The van der Waals surface area contributed by atoms with Crippen LogP contribution in [0.25, 0.3) is 22.3 Å². The van der Waals surface area contributed by atoms with E-state index in [0.717, 1.165) is 55.1 Å². The van der Waals surface area contributed by atoms with E-state index in [1.807, 2.05) is 6.07 Å². The van der Waals surface area contributed by atoms with Gasteiger partial charge in [0.2, 0.25) is 0 Å². The normalized spacial score (nSPS) is 14.1. The maximum Gasteiger partial charge on any atom is 0.163 e. The zero-order valence-electron chi connectivity index (χ0n) is 16.8. The SMILES string of the molecule is CN1CCc2c(nc(-c3cncc(F)c3)nc2NCCc2c[nH]c3ccccc23)C1. The van der Waals surface area contributed by atoms with Crippen LogP contribution >= 0.6 is 0 Å². The van der Waals surface area contributed by atoms with E-state index >= 15 is 0 Å². The molecule has 1 aliphatic heterocycles. The fourth-order valence-corrected chi connectivity index (χ4v) is 4.02. The van der Waals surface area contributed by atoms with E-state index in [1.54, 1.807) is 6.20 Å². The minimum Gasteiger partial charge on any atom is -0.369 e. The highest BCUT2D eigenvalue weighted by Gasteiger charge is 2.21. The van der Waals surface area contributed by atoms with Crippen LogP contribution in [0, 0.1) is 5.82 Å². The Hall–Kier alpha value is -3.32. The van der Waals surface area contributed by atoms with Gasteiger partial charge in [-0.1, -0.05) is 18.2 Å². The number of nitrogens with zero attached hydrogens (tertiary/aromatic N) is 4. The molecule has 0 bridgehead atoms. The first-order valence-corrected chi connectivity index (χ1v) is 10.2. The number of fused-ring (bicyclic) bond motifs is 2. The molecule has 1 aliphatic rings. The second-order valence-corrected chi connectivity index (χ2v) is 7.74. The number of hydrogen-bond acceptors (Lipinski definition) is 5. The molecule has 4 aromatic rings. The number of halogens is 1. The Kier molecular flexibility index (Phi) is 4.88. The number of aromatic amines is 1. The van der Waals surface area contributed by atoms with Crippen molar-refractivity contribution in [3.63, 3.8) is 0 Å². The summed E-state index contributed by atoms with van der Waals surface area (Å²) in [5.74, 6) is 0.956.